The maximum Gasteiger partial charge on any atom is 0.137 e. The van der Waals surface area contributed by atoms with Crippen molar-refractivity contribution in [3.63, 3.8) is 0 Å². The molecule has 0 aliphatic carbocycles. The Kier molecular flexibility index (Phi) is 5.48. The van der Waals surface area contributed by atoms with Crippen molar-refractivity contribution in [2.24, 2.45) is 5.73 Å². The van der Waals surface area contributed by atoms with Crippen molar-refractivity contribution >= 4 is 11.6 Å². The standard InChI is InChI=1S/C13H19ClN2O/c1-9(2)8-16-12(7-15)10-4-5-13(17-3)11(14)6-10/h4-6,12,16H,1,7-8,15H2,2-3H3. The van der Waals surface area contributed by atoms with Crippen LogP contribution in [-0.2, 0) is 0 Å². The molecule has 4 heteroatoms. The van der Waals surface area contributed by atoms with Crippen LogP contribution in [0.1, 0.15) is 18.5 Å². The largest absolute Gasteiger partial charge is 0.495 e. The minimum Gasteiger partial charge on any atom is -0.495 e. The second kappa shape index (κ2) is 6.64. The number of hydrogen-bond donors (Lipinski definition) is 2. The molecule has 1 aromatic rings. The predicted molar refractivity (Wildman–Crippen MR) is 72.6 cm³/mol. The van der Waals surface area contributed by atoms with E-state index in [1.165, 1.54) is 0 Å². The Balaban J connectivity index is 2.81. The van der Waals surface area contributed by atoms with Gasteiger partial charge >= 0.3 is 0 Å². The highest BCUT2D eigenvalue weighted by molar-refractivity contribution is 6.32. The van der Waals surface area contributed by atoms with Crippen LogP contribution in [0.5, 0.6) is 5.75 Å². The Morgan fingerprint density at radius 3 is 2.76 bits per heavy atom. The van der Waals surface area contributed by atoms with Crippen molar-refractivity contribution in [2.45, 2.75) is 13.0 Å². The molecule has 17 heavy (non-hydrogen) atoms. The third-order valence-electron chi connectivity index (χ3n) is 2.46. The third kappa shape index (κ3) is 4.04. The molecule has 0 spiro atoms. The molecule has 94 valence electrons. The first-order valence-electron chi connectivity index (χ1n) is 5.49. The first kappa shape index (κ1) is 14.0. The fraction of sp³-hybridized carbons (Fsp3) is 0.385. The molecule has 0 aliphatic rings. The van der Waals surface area contributed by atoms with E-state index in [1.54, 1.807) is 7.11 Å². The van der Waals surface area contributed by atoms with Gasteiger partial charge in [-0.2, -0.15) is 0 Å². The van der Waals surface area contributed by atoms with Crippen LogP contribution in [0.2, 0.25) is 5.02 Å². The fourth-order valence-corrected chi connectivity index (χ4v) is 1.80. The van der Waals surface area contributed by atoms with Gasteiger partial charge in [-0.3, -0.25) is 0 Å². The molecule has 0 amide bonds. The number of benzene rings is 1. The van der Waals surface area contributed by atoms with Gasteiger partial charge in [-0.1, -0.05) is 29.8 Å². The van der Waals surface area contributed by atoms with E-state index in [2.05, 4.69) is 11.9 Å². The smallest absolute Gasteiger partial charge is 0.137 e. The third-order valence-corrected chi connectivity index (χ3v) is 2.76. The minimum atomic E-state index is 0.0788. The van der Waals surface area contributed by atoms with Crippen molar-refractivity contribution in [2.75, 3.05) is 20.2 Å². The maximum absolute atomic E-state index is 6.08. The average molecular weight is 255 g/mol. The van der Waals surface area contributed by atoms with Crippen LogP contribution in [0.3, 0.4) is 0 Å². The van der Waals surface area contributed by atoms with Crippen molar-refractivity contribution < 1.29 is 4.74 Å². The van der Waals surface area contributed by atoms with Gasteiger partial charge in [0.05, 0.1) is 12.1 Å². The van der Waals surface area contributed by atoms with Crippen molar-refractivity contribution in [1.82, 2.24) is 5.32 Å². The van der Waals surface area contributed by atoms with E-state index in [0.717, 1.165) is 17.7 Å². The topological polar surface area (TPSA) is 47.3 Å². The number of nitrogens with two attached hydrogens (primary N) is 1. The van der Waals surface area contributed by atoms with Crippen LogP contribution in [0.25, 0.3) is 0 Å². The summed E-state index contributed by atoms with van der Waals surface area (Å²) in [4.78, 5) is 0. The molecule has 1 rings (SSSR count). The number of rotatable bonds is 6. The van der Waals surface area contributed by atoms with Crippen LogP contribution in [-0.4, -0.2) is 20.2 Å². The summed E-state index contributed by atoms with van der Waals surface area (Å²) in [5.74, 6) is 0.672. The lowest BCUT2D eigenvalue weighted by molar-refractivity contribution is 0.414. The molecular formula is C13H19ClN2O. The van der Waals surface area contributed by atoms with Gasteiger partial charge in [0.25, 0.3) is 0 Å². The highest BCUT2D eigenvalue weighted by atomic mass is 35.5. The molecule has 0 bridgehead atoms. The summed E-state index contributed by atoms with van der Waals surface area (Å²) < 4.78 is 5.11. The lowest BCUT2D eigenvalue weighted by Crippen LogP contribution is -2.29. The zero-order chi connectivity index (χ0) is 12.8. The van der Waals surface area contributed by atoms with E-state index in [1.807, 2.05) is 25.1 Å². The van der Waals surface area contributed by atoms with Gasteiger partial charge in [-0.05, 0) is 24.6 Å². The molecule has 0 saturated heterocycles. The van der Waals surface area contributed by atoms with Gasteiger partial charge in [0.1, 0.15) is 5.75 Å². The van der Waals surface area contributed by atoms with Gasteiger partial charge < -0.3 is 15.8 Å². The molecule has 1 aromatic carbocycles. The number of methoxy groups -OCH3 is 1. The van der Waals surface area contributed by atoms with E-state index in [4.69, 9.17) is 22.1 Å². The molecule has 0 aromatic heterocycles. The number of nitrogens with one attached hydrogen (secondary N) is 1. The summed E-state index contributed by atoms with van der Waals surface area (Å²) in [7, 11) is 1.60. The van der Waals surface area contributed by atoms with Crippen LogP contribution >= 0.6 is 11.6 Å². The van der Waals surface area contributed by atoms with Crippen LogP contribution in [0.4, 0.5) is 0 Å². The van der Waals surface area contributed by atoms with Crippen LogP contribution in [0, 0.1) is 0 Å². The normalized spacial score (nSPS) is 12.2. The molecule has 1 unspecified atom stereocenters. The summed E-state index contributed by atoms with van der Waals surface area (Å²) in [6.45, 7) is 7.08. The first-order chi connectivity index (χ1) is 8.08. The zero-order valence-electron chi connectivity index (χ0n) is 10.3. The van der Waals surface area contributed by atoms with Crippen LogP contribution < -0.4 is 15.8 Å². The van der Waals surface area contributed by atoms with E-state index in [0.29, 0.717) is 17.3 Å². The van der Waals surface area contributed by atoms with E-state index < -0.39 is 0 Å². The molecule has 3 N–H and O–H groups in total. The quantitative estimate of drug-likeness (QED) is 0.767. The Hall–Kier alpha value is -1.03. The summed E-state index contributed by atoms with van der Waals surface area (Å²) in [5, 5.41) is 3.92. The molecule has 0 fully saturated rings. The lowest BCUT2D eigenvalue weighted by atomic mass is 10.1. The van der Waals surface area contributed by atoms with Crippen molar-refractivity contribution in [3.05, 3.63) is 40.9 Å². The highest BCUT2D eigenvalue weighted by Gasteiger charge is 2.11. The Labute approximate surface area is 108 Å². The van der Waals surface area contributed by atoms with Crippen molar-refractivity contribution in [3.8, 4) is 5.75 Å². The summed E-state index contributed by atoms with van der Waals surface area (Å²) >= 11 is 6.08. The molecule has 3 nitrogen and oxygen atoms in total. The summed E-state index contributed by atoms with van der Waals surface area (Å²) in [6.07, 6.45) is 0. The molecule has 0 aliphatic heterocycles. The number of hydrogen-bond acceptors (Lipinski definition) is 3. The summed E-state index contributed by atoms with van der Waals surface area (Å²) in [6, 6.07) is 5.77. The fourth-order valence-electron chi connectivity index (χ4n) is 1.53. The van der Waals surface area contributed by atoms with E-state index in [-0.39, 0.29) is 6.04 Å². The molecule has 0 saturated carbocycles. The Bertz CT molecular complexity index is 393. The maximum atomic E-state index is 6.08. The first-order valence-corrected chi connectivity index (χ1v) is 5.87. The Morgan fingerprint density at radius 1 is 1.59 bits per heavy atom. The van der Waals surface area contributed by atoms with Gasteiger partial charge in [0.15, 0.2) is 0 Å². The predicted octanol–water partition coefficient (Wildman–Crippen LogP) is 2.51. The molecule has 1 atom stereocenters. The van der Waals surface area contributed by atoms with Gasteiger partial charge in [0.2, 0.25) is 0 Å². The lowest BCUT2D eigenvalue weighted by Gasteiger charge is -2.18. The number of halogens is 1. The van der Waals surface area contributed by atoms with Gasteiger partial charge in [0, 0.05) is 19.1 Å². The highest BCUT2D eigenvalue weighted by Crippen LogP contribution is 2.27. The minimum absolute atomic E-state index is 0.0788. The van der Waals surface area contributed by atoms with Gasteiger partial charge in [-0.15, -0.1) is 0 Å². The Morgan fingerprint density at radius 2 is 2.29 bits per heavy atom. The second-order valence-electron chi connectivity index (χ2n) is 4.02. The molecule has 0 radical (unpaired) electrons. The second-order valence-corrected chi connectivity index (χ2v) is 4.43. The monoisotopic (exact) mass is 254 g/mol. The van der Waals surface area contributed by atoms with E-state index in [9.17, 15) is 0 Å². The summed E-state index contributed by atoms with van der Waals surface area (Å²) in [5.41, 5.74) is 7.87. The molecule has 0 heterocycles. The number of ether oxygens (including phenoxy) is 1. The molecular weight excluding hydrogens is 236 g/mol. The average Bonchev–Trinajstić information content (AvgIpc) is 2.29. The van der Waals surface area contributed by atoms with E-state index >= 15 is 0 Å². The van der Waals surface area contributed by atoms with Crippen molar-refractivity contribution in [1.29, 1.82) is 0 Å². The SMILES string of the molecule is C=C(C)CNC(CN)c1ccc(OC)c(Cl)c1. The zero-order valence-corrected chi connectivity index (χ0v) is 11.1. The van der Waals surface area contributed by atoms with Crippen LogP contribution in [0.15, 0.2) is 30.4 Å². The van der Waals surface area contributed by atoms with Gasteiger partial charge in [-0.25, -0.2) is 0 Å².